The first-order valence-electron chi connectivity index (χ1n) is 15.1. The molecule has 2 heterocycles. The standard InChI is InChI=1S/C19H29NO3/c1-12(2)7-14-11-20-6-5-13-8-18(22-3)19(23-4)9-15(13)16(20)10-17(14)21/h8-9,12,14,16-17,21H,5-7,10-11H2,1-4H3/i3D3,4D3,5D2,6D2,10D2,11D2,14D,17D. The molecule has 1 saturated heterocycles. The van der Waals surface area contributed by atoms with Crippen LogP contribution in [0.4, 0.5) is 0 Å². The number of hydrogen-bond acceptors (Lipinski definition) is 4. The van der Waals surface area contributed by atoms with E-state index in [0.29, 0.717) is 12.1 Å². The highest BCUT2D eigenvalue weighted by Gasteiger charge is 2.38. The average Bonchev–Trinajstić information content (AvgIpc) is 2.67. The molecule has 0 bridgehead atoms. The van der Waals surface area contributed by atoms with Gasteiger partial charge in [0.05, 0.1) is 29.8 Å². The Hall–Kier alpha value is -1.26. The van der Waals surface area contributed by atoms with Gasteiger partial charge < -0.3 is 14.6 Å². The van der Waals surface area contributed by atoms with Crippen molar-refractivity contribution >= 4 is 0 Å². The third-order valence-corrected chi connectivity index (χ3v) is 3.63. The molecular weight excluding hydrogens is 290 g/mol. The van der Waals surface area contributed by atoms with Gasteiger partial charge in [0.2, 0.25) is 0 Å². The van der Waals surface area contributed by atoms with Crippen molar-refractivity contribution in [3.05, 3.63) is 23.3 Å². The summed E-state index contributed by atoms with van der Waals surface area (Å²) < 4.78 is 141. The highest BCUT2D eigenvalue weighted by atomic mass is 16.5. The minimum atomic E-state index is -3.55. The Bertz CT molecular complexity index is 1130. The van der Waals surface area contributed by atoms with Gasteiger partial charge in [-0.25, -0.2) is 0 Å². The van der Waals surface area contributed by atoms with Crippen molar-refractivity contribution in [1.82, 2.24) is 4.90 Å². The SMILES string of the molecule is [2H]C([2H])([2H])Oc1cc2c(cc1OC([2H])([2H])[2H])C([2H])([2H])C([2H])([2H])N1C2C([2H])([2H])C([2H])(O)C([2H])(CC(C)C)C1([2H])[2H]. The lowest BCUT2D eigenvalue weighted by molar-refractivity contribution is -0.0191. The predicted molar refractivity (Wildman–Crippen MR) is 91.1 cm³/mol. The molecule has 4 nitrogen and oxygen atoms in total. The number of rotatable bonds is 4. The summed E-state index contributed by atoms with van der Waals surface area (Å²) in [6.45, 7) is -3.79. The zero-order chi connectivity index (χ0) is 30.6. The Labute approximate surface area is 161 Å². The van der Waals surface area contributed by atoms with Crippen molar-refractivity contribution in [2.24, 2.45) is 11.8 Å². The van der Waals surface area contributed by atoms with E-state index in [9.17, 15) is 5.11 Å². The Balaban J connectivity index is 2.48. The lowest BCUT2D eigenvalue weighted by Gasteiger charge is -2.46. The van der Waals surface area contributed by atoms with E-state index in [1.54, 1.807) is 0 Å². The molecule has 2 aliphatic heterocycles. The van der Waals surface area contributed by atoms with Crippen LogP contribution in [0.25, 0.3) is 0 Å². The first-order valence-corrected chi connectivity index (χ1v) is 7.14. The van der Waals surface area contributed by atoms with Gasteiger partial charge in [0.1, 0.15) is 0 Å². The summed E-state index contributed by atoms with van der Waals surface area (Å²) in [5.41, 5.74) is -1.37. The van der Waals surface area contributed by atoms with Crippen molar-refractivity contribution in [3.8, 4) is 11.5 Å². The van der Waals surface area contributed by atoms with Gasteiger partial charge in [-0.05, 0) is 54.2 Å². The van der Waals surface area contributed by atoms with Crippen LogP contribution in [0.15, 0.2) is 12.1 Å². The van der Waals surface area contributed by atoms with E-state index in [-0.39, 0.29) is 4.90 Å². The first-order chi connectivity index (χ1) is 17.1. The van der Waals surface area contributed by atoms with Crippen LogP contribution >= 0.6 is 0 Å². The summed E-state index contributed by atoms with van der Waals surface area (Å²) in [6, 6.07) is -1.00. The molecule has 23 heavy (non-hydrogen) atoms. The smallest absolute Gasteiger partial charge is 0.161 e. The van der Waals surface area contributed by atoms with E-state index in [1.807, 2.05) is 0 Å². The van der Waals surface area contributed by atoms with Crippen molar-refractivity contribution < 1.29 is 36.5 Å². The summed E-state index contributed by atoms with van der Waals surface area (Å²) in [4.78, 5) is 0.129. The molecule has 0 aliphatic carbocycles. The second-order valence-corrected chi connectivity index (χ2v) is 5.78. The molecule has 3 atom stereocenters. The van der Waals surface area contributed by atoms with Gasteiger partial charge in [-0.15, -0.1) is 0 Å². The van der Waals surface area contributed by atoms with E-state index < -0.39 is 92.8 Å². The van der Waals surface area contributed by atoms with E-state index in [0.717, 1.165) is 0 Å². The van der Waals surface area contributed by atoms with Crippen molar-refractivity contribution in [2.45, 2.75) is 45.1 Å². The van der Waals surface area contributed by atoms with Gasteiger partial charge >= 0.3 is 0 Å². The molecule has 0 amide bonds. The molecule has 128 valence electrons. The average molecular weight is 336 g/mol. The highest BCUT2D eigenvalue weighted by Crippen LogP contribution is 2.43. The van der Waals surface area contributed by atoms with E-state index in [4.69, 9.17) is 31.4 Å². The molecular formula is C19H29NO3. The summed E-state index contributed by atoms with van der Waals surface area (Å²) in [5, 5.41) is 11.2. The van der Waals surface area contributed by atoms with Crippen LogP contribution in [0.3, 0.4) is 0 Å². The van der Waals surface area contributed by atoms with E-state index in [2.05, 4.69) is 0 Å². The molecule has 0 aromatic heterocycles. The maximum Gasteiger partial charge on any atom is 0.161 e. The summed E-state index contributed by atoms with van der Waals surface area (Å²) >= 11 is 0. The van der Waals surface area contributed by atoms with Crippen molar-refractivity contribution in [2.75, 3.05) is 27.1 Å². The molecule has 0 spiro atoms. The normalized spacial score (nSPS) is 54.0. The first kappa shape index (κ1) is 5.92. The maximum absolute atomic E-state index is 11.2. The highest BCUT2D eigenvalue weighted by molar-refractivity contribution is 5.49. The second-order valence-electron chi connectivity index (χ2n) is 5.78. The monoisotopic (exact) mass is 335 g/mol. The van der Waals surface area contributed by atoms with Gasteiger partial charge in [0.15, 0.2) is 11.5 Å². The van der Waals surface area contributed by atoms with Crippen LogP contribution < -0.4 is 9.47 Å². The zero-order valence-electron chi connectivity index (χ0n) is 28.7. The van der Waals surface area contributed by atoms with Crippen LogP contribution in [0.2, 0.25) is 0 Å². The van der Waals surface area contributed by atoms with Crippen LogP contribution in [0, 0.1) is 11.8 Å². The van der Waals surface area contributed by atoms with Crippen LogP contribution in [0.5, 0.6) is 11.5 Å². The van der Waals surface area contributed by atoms with Crippen molar-refractivity contribution in [1.29, 1.82) is 0 Å². The molecule has 0 radical (unpaired) electrons. The number of ether oxygens (including phenoxy) is 2. The molecule has 2 aliphatic rings. The lowest BCUT2D eigenvalue weighted by Crippen LogP contribution is -2.48. The number of fused-ring (bicyclic) bond motifs is 3. The number of methoxy groups -OCH3 is 2. The van der Waals surface area contributed by atoms with Crippen LogP contribution in [-0.2, 0) is 6.37 Å². The van der Waals surface area contributed by atoms with Crippen LogP contribution in [0.1, 0.15) is 65.7 Å². The number of aryl methyl sites for hydroxylation is 1. The molecule has 1 fully saturated rings. The fourth-order valence-corrected chi connectivity index (χ4v) is 2.59. The van der Waals surface area contributed by atoms with Gasteiger partial charge in [-0.2, -0.15) is 0 Å². The molecule has 4 heteroatoms. The van der Waals surface area contributed by atoms with Gasteiger partial charge in [0, 0.05) is 31.4 Å². The summed E-state index contributed by atoms with van der Waals surface area (Å²) in [5.74, 6) is -5.30. The third kappa shape index (κ3) is 3.20. The number of aliphatic hydroxyl groups is 1. The Morgan fingerprint density at radius 1 is 1.39 bits per heavy atom. The minimum Gasteiger partial charge on any atom is -0.493 e. The number of hydrogen-bond donors (Lipinski definition) is 1. The number of piperidine rings is 1. The Morgan fingerprint density at radius 3 is 2.83 bits per heavy atom. The molecule has 1 aromatic rings. The quantitative estimate of drug-likeness (QED) is 0.918. The molecule has 1 N–H and O–H groups in total. The fourth-order valence-electron chi connectivity index (χ4n) is 2.59. The molecule has 3 rings (SSSR count). The number of nitrogens with zero attached hydrogens (tertiary/aromatic N) is 1. The Morgan fingerprint density at radius 2 is 2.13 bits per heavy atom. The fraction of sp³-hybridized carbons (Fsp3) is 0.684. The van der Waals surface area contributed by atoms with E-state index >= 15 is 0 Å². The van der Waals surface area contributed by atoms with E-state index in [1.165, 1.54) is 13.8 Å². The lowest BCUT2D eigenvalue weighted by atomic mass is 9.79. The molecule has 3 unspecified atom stereocenters. The van der Waals surface area contributed by atoms with Gasteiger partial charge in [-0.3, -0.25) is 4.90 Å². The predicted octanol–water partition coefficient (Wildman–Crippen LogP) is 3.03. The number of benzene rings is 1. The minimum absolute atomic E-state index is 0.129. The van der Waals surface area contributed by atoms with Crippen LogP contribution in [-0.4, -0.2) is 43.2 Å². The summed E-state index contributed by atoms with van der Waals surface area (Å²) in [7, 11) is -6.42. The Kier molecular flexibility index (Phi) is 1.72. The van der Waals surface area contributed by atoms with Gasteiger partial charge in [-0.1, -0.05) is 13.8 Å². The second kappa shape index (κ2) is 6.70. The van der Waals surface area contributed by atoms with Crippen molar-refractivity contribution in [3.63, 3.8) is 0 Å². The molecule has 1 aromatic carbocycles. The maximum atomic E-state index is 11.2. The van der Waals surface area contributed by atoms with Gasteiger partial charge in [0.25, 0.3) is 0 Å². The third-order valence-electron chi connectivity index (χ3n) is 3.63. The summed E-state index contributed by atoms with van der Waals surface area (Å²) in [6.07, 6.45) is -10.8. The zero-order valence-corrected chi connectivity index (χ0v) is 12.7. The molecule has 0 saturated carbocycles. The largest absolute Gasteiger partial charge is 0.493 e. The topological polar surface area (TPSA) is 41.9 Å².